The lowest BCUT2D eigenvalue weighted by Gasteiger charge is -2.30. The van der Waals surface area contributed by atoms with Crippen LogP contribution in [0.3, 0.4) is 0 Å². The highest BCUT2D eigenvalue weighted by molar-refractivity contribution is 8.09. The van der Waals surface area contributed by atoms with Gasteiger partial charge in [0.05, 0.1) is 50.3 Å². The van der Waals surface area contributed by atoms with Crippen molar-refractivity contribution in [1.82, 2.24) is 44.1 Å². The van der Waals surface area contributed by atoms with E-state index in [0.29, 0.717) is 11.1 Å². The van der Waals surface area contributed by atoms with Gasteiger partial charge in [-0.2, -0.15) is 10.5 Å². The van der Waals surface area contributed by atoms with Crippen molar-refractivity contribution >= 4 is 81.7 Å². The van der Waals surface area contributed by atoms with Gasteiger partial charge in [-0.05, 0) is 42.5 Å². The van der Waals surface area contributed by atoms with E-state index in [2.05, 4.69) is 45.6 Å². The maximum absolute atomic E-state index is 16.9. The Bertz CT molecular complexity index is 2910. The first-order chi connectivity index (χ1) is 33.0. The molecular formula is C42H40F2N13O8PS2. The second-order valence-electron chi connectivity index (χ2n) is 14.9. The van der Waals surface area contributed by atoms with Crippen LogP contribution in [0.1, 0.15) is 59.4 Å². The molecule has 0 saturated carbocycles. The van der Waals surface area contributed by atoms with Crippen LogP contribution in [-0.2, 0) is 39.8 Å². The number of hydrogen-bond donors (Lipinski definition) is 3. The number of hydrogen-bond acceptors (Lipinski definition) is 18. The highest BCUT2D eigenvalue weighted by Crippen LogP contribution is 2.51. The number of nitriles is 2. The van der Waals surface area contributed by atoms with Crippen LogP contribution in [0.15, 0.2) is 86.0 Å². The predicted molar refractivity (Wildman–Crippen MR) is 244 cm³/mol. The molecule has 6 aromatic rings. The molecule has 9 atom stereocenters. The fourth-order valence-corrected chi connectivity index (χ4v) is 9.88. The van der Waals surface area contributed by atoms with Crippen molar-refractivity contribution in [2.24, 2.45) is 0 Å². The van der Waals surface area contributed by atoms with Gasteiger partial charge in [0.15, 0.2) is 64.9 Å². The minimum absolute atomic E-state index is 0.0274. The van der Waals surface area contributed by atoms with E-state index < -0.39 is 72.9 Å². The Kier molecular flexibility index (Phi) is 15.2. The number of alkyl halides is 2. The number of nitrogens with one attached hydrogen (secondary N) is 3. The Morgan fingerprint density at radius 2 is 1.28 bits per heavy atom. The van der Waals surface area contributed by atoms with Crippen LogP contribution in [0.5, 0.6) is 0 Å². The molecule has 2 aliphatic heterocycles. The van der Waals surface area contributed by atoms with Gasteiger partial charge in [-0.15, -0.1) is 0 Å². The Labute approximate surface area is 396 Å². The van der Waals surface area contributed by atoms with E-state index in [4.69, 9.17) is 57.3 Å². The molecule has 2 saturated heterocycles. The van der Waals surface area contributed by atoms with Gasteiger partial charge in [0.2, 0.25) is 0 Å². The van der Waals surface area contributed by atoms with E-state index in [-0.39, 0.29) is 73.0 Å². The summed E-state index contributed by atoms with van der Waals surface area (Å²) in [7, 11) is 0. The summed E-state index contributed by atoms with van der Waals surface area (Å²) in [5, 5.41) is 26.3. The molecule has 21 nitrogen and oxygen atoms in total. The standard InChI is InChI=1S/C42H40F2N13O8PS2/c1-2-26-33(29(44)41(62-26)57-23-52-31-35(48-21-50-37(31)57)55-39(59)25-13-7-4-8-14-25)65-66(68,61-18-10-16-46)53-19-27-32(64-42(67)60-17-9-15-45)28(43)40(63-27)56-22-51-30-34(47-20-49-36(30)56)54-38(58)24-11-5-3-6-12-24/h3-8,11-14,20-23,26-29,32-33,40-41H,2,9-10,17-19H2,1H3,(H,53,68)(H,47,49,54,58)(H,48,50,55,59)/t26-,27-,28-,29-,32-,33-,40-,41-,66?/m1/s1. The van der Waals surface area contributed by atoms with E-state index in [1.54, 1.807) is 67.6 Å². The zero-order valence-corrected chi connectivity index (χ0v) is 38.2. The van der Waals surface area contributed by atoms with Crippen LogP contribution >= 0.6 is 18.9 Å². The van der Waals surface area contributed by atoms with E-state index >= 15 is 8.78 Å². The highest BCUT2D eigenvalue weighted by atomic mass is 32.5. The smallest absolute Gasteiger partial charge is 0.352 e. The number of nitrogens with zero attached hydrogens (tertiary/aromatic N) is 10. The number of benzene rings is 2. The lowest BCUT2D eigenvalue weighted by Crippen LogP contribution is -2.40. The SMILES string of the molecule is CC[C@H]1O[C@@H](n2cnc3c(NC(=O)c4ccccc4)ncnc32)[C@H](F)[C@@H]1OP(=S)(NC[C@H]1O[C@@H](n2cnc3c(NC(=O)c4ccccc4)ncnc32)[C@H](F)[C@@H]1OC(=S)OCCC#N)OCCC#N. The van der Waals surface area contributed by atoms with Gasteiger partial charge in [0, 0.05) is 29.9 Å². The van der Waals surface area contributed by atoms with Gasteiger partial charge < -0.3 is 38.6 Å². The second-order valence-corrected chi connectivity index (χ2v) is 18.5. The molecule has 68 heavy (non-hydrogen) atoms. The van der Waals surface area contributed by atoms with Gasteiger partial charge in [0.1, 0.15) is 31.5 Å². The lowest BCUT2D eigenvalue weighted by molar-refractivity contribution is -0.0239. The first kappa shape index (κ1) is 47.9. The van der Waals surface area contributed by atoms with Crippen molar-refractivity contribution in [2.75, 3.05) is 30.4 Å². The van der Waals surface area contributed by atoms with Crippen molar-refractivity contribution in [1.29, 1.82) is 10.5 Å². The zero-order valence-electron chi connectivity index (χ0n) is 35.7. The summed E-state index contributed by atoms with van der Waals surface area (Å²) in [5.41, 5.74) is 1.32. The van der Waals surface area contributed by atoms with Crippen LogP contribution in [0.4, 0.5) is 20.4 Å². The molecule has 352 valence electrons. The second kappa shape index (κ2) is 21.6. The molecule has 1 unspecified atom stereocenters. The summed E-state index contributed by atoms with van der Waals surface area (Å²) < 4.78 is 72.4. The fraction of sp³-hybridized carbons (Fsp3) is 0.357. The molecule has 3 N–H and O–H groups in total. The molecule has 0 bridgehead atoms. The monoisotopic (exact) mass is 987 g/mol. The van der Waals surface area contributed by atoms with Gasteiger partial charge in [0.25, 0.3) is 18.5 Å². The number of imidazole rings is 2. The summed E-state index contributed by atoms with van der Waals surface area (Å²) in [6, 6.07) is 20.8. The van der Waals surface area contributed by atoms with Crippen molar-refractivity contribution in [3.05, 3.63) is 97.1 Å². The first-order valence-electron chi connectivity index (χ1n) is 20.9. The van der Waals surface area contributed by atoms with Crippen LogP contribution < -0.4 is 15.7 Å². The van der Waals surface area contributed by atoms with Gasteiger partial charge in [-0.3, -0.25) is 18.7 Å². The minimum Gasteiger partial charge on any atom is -0.456 e. The Hall–Kier alpha value is -6.54. The molecule has 4 aromatic heterocycles. The van der Waals surface area contributed by atoms with E-state index in [9.17, 15) is 14.9 Å². The van der Waals surface area contributed by atoms with Gasteiger partial charge in [-0.25, -0.2) is 43.8 Å². The van der Waals surface area contributed by atoms with Crippen molar-refractivity contribution < 1.29 is 46.4 Å². The van der Waals surface area contributed by atoms with Crippen molar-refractivity contribution in [2.45, 2.75) is 75.4 Å². The molecular weight excluding hydrogens is 948 g/mol. The van der Waals surface area contributed by atoms with Crippen molar-refractivity contribution in [3.8, 4) is 12.1 Å². The Morgan fingerprint density at radius 1 is 0.765 bits per heavy atom. The average Bonchev–Trinajstić information content (AvgIpc) is 4.13. The topological polar surface area (TPSA) is 260 Å². The normalized spacial score (nSPS) is 23.1. The third kappa shape index (κ3) is 10.4. The van der Waals surface area contributed by atoms with Crippen LogP contribution in [-0.4, -0.2) is 113 Å². The van der Waals surface area contributed by atoms with Crippen molar-refractivity contribution in [3.63, 3.8) is 0 Å². The number of aromatic nitrogens is 8. The maximum Gasteiger partial charge on any atom is 0.352 e. The summed E-state index contributed by atoms with van der Waals surface area (Å²) in [6.45, 7) is -2.75. The number of anilines is 2. The zero-order chi connectivity index (χ0) is 47.8. The van der Waals surface area contributed by atoms with Crippen LogP contribution in [0.2, 0.25) is 0 Å². The van der Waals surface area contributed by atoms with Gasteiger partial charge in [-0.1, -0.05) is 43.3 Å². The number of fused-ring (bicyclic) bond motifs is 2. The third-order valence-electron chi connectivity index (χ3n) is 10.6. The van der Waals surface area contributed by atoms with Crippen LogP contribution in [0, 0.1) is 22.7 Å². The number of ether oxygens (including phenoxy) is 4. The number of rotatable bonds is 18. The number of amides is 2. The summed E-state index contributed by atoms with van der Waals surface area (Å²) in [4.78, 5) is 51.7. The molecule has 0 spiro atoms. The highest BCUT2D eigenvalue weighted by Gasteiger charge is 2.52. The molecule has 2 amide bonds. The van der Waals surface area contributed by atoms with E-state index in [0.717, 1.165) is 0 Å². The molecule has 0 radical (unpaired) electrons. The molecule has 0 aliphatic carbocycles. The molecule has 26 heteroatoms. The van der Waals surface area contributed by atoms with E-state index in [1.165, 1.54) is 34.4 Å². The number of carbonyl (C=O) groups is 2. The number of thiocarbonyl (C=S) groups is 1. The number of carbonyl (C=O) groups excluding carboxylic acids is 2. The molecule has 2 fully saturated rings. The molecule has 2 aliphatic rings. The first-order valence-corrected chi connectivity index (χ1v) is 24.0. The maximum atomic E-state index is 16.9. The predicted octanol–water partition coefficient (Wildman–Crippen LogP) is 5.78. The average molecular weight is 988 g/mol. The fourth-order valence-electron chi connectivity index (χ4n) is 7.41. The summed E-state index contributed by atoms with van der Waals surface area (Å²) >= 11 is 11.2. The molecule has 6 heterocycles. The molecule has 2 aromatic carbocycles. The third-order valence-corrected chi connectivity index (χ3v) is 13.4. The summed E-state index contributed by atoms with van der Waals surface area (Å²) in [5.74, 6) is -0.752. The minimum atomic E-state index is -3.83. The lowest BCUT2D eigenvalue weighted by atomic mass is 10.1. The van der Waals surface area contributed by atoms with Crippen LogP contribution in [0.25, 0.3) is 22.3 Å². The largest absolute Gasteiger partial charge is 0.456 e. The Morgan fingerprint density at radius 3 is 1.81 bits per heavy atom. The summed E-state index contributed by atoms with van der Waals surface area (Å²) in [6.07, 6.45) is -6.59. The Balaban J connectivity index is 1.02. The quantitative estimate of drug-likeness (QED) is 0.0523. The molecule has 8 rings (SSSR count). The number of halogens is 2. The van der Waals surface area contributed by atoms with E-state index in [1.807, 2.05) is 12.1 Å². The van der Waals surface area contributed by atoms with Gasteiger partial charge >= 0.3 is 5.24 Å².